The number of benzene rings is 2. The number of carbonyl (C=O) groups excluding carboxylic acids is 2. The van der Waals surface area contributed by atoms with Crippen LogP contribution in [0.4, 0.5) is 0 Å². The molecule has 0 bridgehead atoms. The molecule has 2 amide bonds. The van der Waals surface area contributed by atoms with Gasteiger partial charge >= 0.3 is 0 Å². The number of nitrogens with one attached hydrogen (secondary N) is 1. The number of nitrogens with zero attached hydrogens (tertiary/aromatic N) is 1. The number of hydrogen-bond acceptors (Lipinski definition) is 4. The first kappa shape index (κ1) is 22.8. The normalized spacial score (nSPS) is 20.6. The van der Waals surface area contributed by atoms with E-state index in [9.17, 15) is 9.59 Å². The second-order valence-electron chi connectivity index (χ2n) is 10.0. The summed E-state index contributed by atoms with van der Waals surface area (Å²) in [7, 11) is 0. The van der Waals surface area contributed by atoms with Crippen molar-refractivity contribution in [2.45, 2.75) is 62.7 Å². The maximum absolute atomic E-state index is 13.9. The molecule has 1 N–H and O–H groups in total. The van der Waals surface area contributed by atoms with Gasteiger partial charge in [0.25, 0.3) is 0 Å². The molecule has 0 aromatic heterocycles. The maximum atomic E-state index is 13.9. The van der Waals surface area contributed by atoms with E-state index in [0.717, 1.165) is 42.7 Å². The zero-order valence-electron chi connectivity index (χ0n) is 20.0. The summed E-state index contributed by atoms with van der Waals surface area (Å²) in [6, 6.07) is 16.3. The Kier molecular flexibility index (Phi) is 6.24. The predicted octanol–water partition coefficient (Wildman–Crippen LogP) is 4.31. The number of carbonyl (C=O) groups is 2. The molecular weight excluding hydrogens is 428 g/mol. The van der Waals surface area contributed by atoms with Crippen LogP contribution in [0.25, 0.3) is 0 Å². The minimum atomic E-state index is -0.613. The minimum absolute atomic E-state index is 0.0750. The molecule has 6 heteroatoms. The van der Waals surface area contributed by atoms with Crippen LogP contribution in [-0.2, 0) is 20.4 Å². The third kappa shape index (κ3) is 4.15. The monoisotopic (exact) mass is 462 g/mol. The molecule has 0 spiro atoms. The molecule has 3 aliphatic rings. The van der Waals surface area contributed by atoms with Gasteiger partial charge in [0.05, 0.1) is 5.41 Å². The lowest BCUT2D eigenvalue weighted by atomic mass is 9.68. The Bertz CT molecular complexity index is 1040. The molecule has 5 rings (SSSR count). The van der Waals surface area contributed by atoms with Crippen LogP contribution < -0.4 is 14.8 Å². The first-order valence-electron chi connectivity index (χ1n) is 12.5. The van der Waals surface area contributed by atoms with Gasteiger partial charge in [-0.2, -0.15) is 0 Å². The van der Waals surface area contributed by atoms with E-state index in [1.54, 1.807) is 6.92 Å². The van der Waals surface area contributed by atoms with Gasteiger partial charge in [-0.25, -0.2) is 0 Å². The Morgan fingerprint density at radius 1 is 0.882 bits per heavy atom. The number of piperidine rings is 1. The third-order valence-electron chi connectivity index (χ3n) is 8.21. The molecule has 1 aliphatic carbocycles. The topological polar surface area (TPSA) is 67.9 Å². The number of likely N-dealkylation sites (tertiary alicyclic amines) is 1. The molecule has 180 valence electrons. The molecule has 0 radical (unpaired) electrons. The van der Waals surface area contributed by atoms with Gasteiger partial charge < -0.3 is 19.7 Å². The van der Waals surface area contributed by atoms with Gasteiger partial charge in [0.1, 0.15) is 0 Å². The number of rotatable bonds is 5. The zero-order valence-corrected chi connectivity index (χ0v) is 20.0. The van der Waals surface area contributed by atoms with Crippen molar-refractivity contribution in [2.24, 2.45) is 0 Å². The van der Waals surface area contributed by atoms with E-state index in [2.05, 4.69) is 29.6 Å². The average molecular weight is 463 g/mol. The Morgan fingerprint density at radius 2 is 1.59 bits per heavy atom. The molecule has 0 atom stereocenters. The maximum Gasteiger partial charge on any atom is 0.231 e. The van der Waals surface area contributed by atoms with Crippen molar-refractivity contribution in [1.29, 1.82) is 0 Å². The van der Waals surface area contributed by atoms with Gasteiger partial charge in [-0.3, -0.25) is 9.59 Å². The van der Waals surface area contributed by atoms with Crippen LogP contribution in [-0.4, -0.2) is 43.1 Å². The van der Waals surface area contributed by atoms with Crippen LogP contribution in [0.5, 0.6) is 11.5 Å². The summed E-state index contributed by atoms with van der Waals surface area (Å²) in [5.41, 5.74) is 1.54. The fourth-order valence-corrected chi connectivity index (χ4v) is 6.05. The minimum Gasteiger partial charge on any atom is -0.454 e. The highest BCUT2D eigenvalue weighted by Crippen LogP contribution is 2.44. The highest BCUT2D eigenvalue weighted by Gasteiger charge is 2.44. The second-order valence-corrected chi connectivity index (χ2v) is 10.0. The molecule has 6 nitrogen and oxygen atoms in total. The summed E-state index contributed by atoms with van der Waals surface area (Å²) in [4.78, 5) is 27.7. The standard InChI is InChI=1S/C28H34N2O4/c1-21(31)30-16-14-28(15-17-30,22-8-4-2-5-9-22)26(32)29-19-27(12-6-3-7-13-27)23-10-11-24-25(18-23)34-20-33-24/h2,4-5,8-11,18H,3,6-7,12-17,19-20H2,1H3,(H,29,32). The van der Waals surface area contributed by atoms with Crippen LogP contribution in [0.1, 0.15) is 63.0 Å². The molecule has 2 heterocycles. The van der Waals surface area contributed by atoms with E-state index in [1.807, 2.05) is 29.2 Å². The number of hydrogen-bond donors (Lipinski definition) is 1. The lowest BCUT2D eigenvalue weighted by Gasteiger charge is -2.43. The Labute approximate surface area is 201 Å². The fourth-order valence-electron chi connectivity index (χ4n) is 6.05. The first-order chi connectivity index (χ1) is 16.5. The molecule has 2 fully saturated rings. The van der Waals surface area contributed by atoms with Crippen LogP contribution in [0.15, 0.2) is 48.5 Å². The fraction of sp³-hybridized carbons (Fsp3) is 0.500. The van der Waals surface area contributed by atoms with Crippen LogP contribution in [0, 0.1) is 0 Å². The van der Waals surface area contributed by atoms with E-state index >= 15 is 0 Å². The highest BCUT2D eigenvalue weighted by molar-refractivity contribution is 5.89. The average Bonchev–Trinajstić information content (AvgIpc) is 3.36. The molecular formula is C28H34N2O4. The SMILES string of the molecule is CC(=O)N1CCC(C(=O)NCC2(c3ccc4c(c3)OCO4)CCCCC2)(c2ccccc2)CC1. The molecule has 1 saturated carbocycles. The van der Waals surface area contributed by atoms with Gasteiger partial charge in [0, 0.05) is 32.0 Å². The molecule has 34 heavy (non-hydrogen) atoms. The van der Waals surface area contributed by atoms with E-state index in [0.29, 0.717) is 32.5 Å². The van der Waals surface area contributed by atoms with Gasteiger partial charge in [0.2, 0.25) is 18.6 Å². The van der Waals surface area contributed by atoms with Crippen molar-refractivity contribution >= 4 is 11.8 Å². The van der Waals surface area contributed by atoms with Gasteiger partial charge in [-0.1, -0.05) is 55.7 Å². The van der Waals surface area contributed by atoms with Crippen molar-refractivity contribution in [3.8, 4) is 11.5 Å². The van der Waals surface area contributed by atoms with E-state index in [-0.39, 0.29) is 24.0 Å². The summed E-state index contributed by atoms with van der Waals surface area (Å²) in [6.45, 7) is 3.68. The summed E-state index contributed by atoms with van der Waals surface area (Å²) in [5.74, 6) is 1.74. The molecule has 2 aliphatic heterocycles. The lowest BCUT2D eigenvalue weighted by molar-refractivity contribution is -0.135. The van der Waals surface area contributed by atoms with Crippen molar-refractivity contribution in [3.63, 3.8) is 0 Å². The second kappa shape index (κ2) is 9.32. The van der Waals surface area contributed by atoms with E-state index in [1.165, 1.54) is 12.0 Å². The summed E-state index contributed by atoms with van der Waals surface area (Å²) < 4.78 is 11.2. The Balaban J connectivity index is 1.40. The lowest BCUT2D eigenvalue weighted by Crippen LogP contribution is -2.54. The smallest absolute Gasteiger partial charge is 0.231 e. The quantitative estimate of drug-likeness (QED) is 0.719. The number of ether oxygens (including phenoxy) is 2. The predicted molar refractivity (Wildman–Crippen MR) is 130 cm³/mol. The zero-order chi connectivity index (χ0) is 23.6. The van der Waals surface area contributed by atoms with E-state index < -0.39 is 5.41 Å². The summed E-state index contributed by atoms with van der Waals surface area (Å²) >= 11 is 0. The van der Waals surface area contributed by atoms with Crippen molar-refractivity contribution in [3.05, 3.63) is 59.7 Å². The Morgan fingerprint density at radius 3 is 2.29 bits per heavy atom. The van der Waals surface area contributed by atoms with Gasteiger partial charge in [-0.05, 0) is 48.9 Å². The molecule has 0 unspecified atom stereocenters. The van der Waals surface area contributed by atoms with E-state index in [4.69, 9.17) is 9.47 Å². The Hall–Kier alpha value is -3.02. The number of amides is 2. The van der Waals surface area contributed by atoms with Crippen molar-refractivity contribution in [1.82, 2.24) is 10.2 Å². The van der Waals surface area contributed by atoms with Crippen LogP contribution >= 0.6 is 0 Å². The van der Waals surface area contributed by atoms with Gasteiger partial charge in [-0.15, -0.1) is 0 Å². The van der Waals surface area contributed by atoms with Crippen LogP contribution in [0.3, 0.4) is 0 Å². The van der Waals surface area contributed by atoms with Crippen molar-refractivity contribution in [2.75, 3.05) is 26.4 Å². The number of fused-ring (bicyclic) bond motifs is 1. The van der Waals surface area contributed by atoms with Gasteiger partial charge in [0.15, 0.2) is 11.5 Å². The molecule has 1 saturated heterocycles. The summed E-state index contributed by atoms with van der Waals surface area (Å²) in [6.07, 6.45) is 6.91. The summed E-state index contributed by atoms with van der Waals surface area (Å²) in [5, 5.41) is 3.40. The largest absolute Gasteiger partial charge is 0.454 e. The molecule has 2 aromatic carbocycles. The third-order valence-corrected chi connectivity index (χ3v) is 8.21. The molecule has 2 aromatic rings. The van der Waals surface area contributed by atoms with Crippen molar-refractivity contribution < 1.29 is 19.1 Å². The van der Waals surface area contributed by atoms with Crippen LogP contribution in [0.2, 0.25) is 0 Å². The first-order valence-corrected chi connectivity index (χ1v) is 12.5. The highest BCUT2D eigenvalue weighted by atomic mass is 16.7.